The Bertz CT molecular complexity index is 419. The second-order valence-corrected chi connectivity index (χ2v) is 5.84. The monoisotopic (exact) mass is 266 g/mol. The van der Waals surface area contributed by atoms with Crippen LogP contribution in [0.1, 0.15) is 18.4 Å². The molecule has 3 nitrogen and oxygen atoms in total. The maximum Gasteiger partial charge on any atom is 0.335 e. The molecule has 98 valence electrons. The molecule has 0 saturated carbocycles. The number of carbonyl (C=O) groups is 1. The number of hydrogen-bond acceptors (Lipinski definition) is 4. The number of thioether (sulfide) groups is 1. The summed E-state index contributed by atoms with van der Waals surface area (Å²) in [5.41, 5.74) is 1.26. The third-order valence-electron chi connectivity index (χ3n) is 2.99. The molecule has 4 heteroatoms. The maximum atomic E-state index is 11.5. The van der Waals surface area contributed by atoms with E-state index < -0.39 is 6.10 Å². The minimum Gasteiger partial charge on any atom is -0.467 e. The molecule has 0 bridgehead atoms. The topological polar surface area (TPSA) is 35.5 Å². The van der Waals surface area contributed by atoms with E-state index in [0.29, 0.717) is 11.9 Å². The smallest absolute Gasteiger partial charge is 0.335 e. The first-order valence-electron chi connectivity index (χ1n) is 6.12. The average Bonchev–Trinajstić information content (AvgIpc) is 2.38. The molecule has 2 unspecified atom stereocenters. The summed E-state index contributed by atoms with van der Waals surface area (Å²) in [4.78, 5) is 12.7. The zero-order chi connectivity index (χ0) is 13.0. The Balaban J connectivity index is 1.95. The van der Waals surface area contributed by atoms with Gasteiger partial charge in [0.15, 0.2) is 6.10 Å². The Morgan fingerprint density at radius 1 is 1.50 bits per heavy atom. The van der Waals surface area contributed by atoms with Gasteiger partial charge in [-0.2, -0.15) is 0 Å². The van der Waals surface area contributed by atoms with Crippen LogP contribution in [0.3, 0.4) is 0 Å². The number of hydrogen-bond donors (Lipinski definition) is 0. The summed E-state index contributed by atoms with van der Waals surface area (Å²) in [5.74, 6) is -0.260. The highest BCUT2D eigenvalue weighted by Gasteiger charge is 2.29. The van der Waals surface area contributed by atoms with E-state index in [9.17, 15) is 4.79 Å². The fraction of sp³-hybridized carbons (Fsp3) is 0.500. The summed E-state index contributed by atoms with van der Waals surface area (Å²) in [6, 6.07) is 8.44. The molecule has 0 aromatic heterocycles. The zero-order valence-electron chi connectivity index (χ0n) is 10.7. The van der Waals surface area contributed by atoms with Gasteiger partial charge in [0.1, 0.15) is 0 Å². The molecular weight excluding hydrogens is 248 g/mol. The number of benzene rings is 1. The first-order chi connectivity index (χ1) is 8.69. The molecule has 1 aliphatic rings. The van der Waals surface area contributed by atoms with Crippen LogP contribution < -0.4 is 0 Å². The van der Waals surface area contributed by atoms with Crippen molar-refractivity contribution in [2.75, 3.05) is 13.7 Å². The Kier molecular flexibility index (Phi) is 4.66. The van der Waals surface area contributed by atoms with Gasteiger partial charge in [-0.1, -0.05) is 17.7 Å². The predicted octanol–water partition coefficient (Wildman–Crippen LogP) is 2.81. The molecule has 0 amide bonds. The van der Waals surface area contributed by atoms with E-state index >= 15 is 0 Å². The van der Waals surface area contributed by atoms with Crippen LogP contribution in [-0.4, -0.2) is 31.0 Å². The van der Waals surface area contributed by atoms with E-state index in [1.54, 1.807) is 0 Å². The van der Waals surface area contributed by atoms with Crippen LogP contribution in [0.4, 0.5) is 0 Å². The van der Waals surface area contributed by atoms with E-state index in [1.165, 1.54) is 17.6 Å². The highest BCUT2D eigenvalue weighted by Crippen LogP contribution is 2.32. The predicted molar refractivity (Wildman–Crippen MR) is 71.8 cm³/mol. The van der Waals surface area contributed by atoms with Crippen molar-refractivity contribution >= 4 is 17.7 Å². The van der Waals surface area contributed by atoms with Crippen molar-refractivity contribution in [3.8, 4) is 0 Å². The van der Waals surface area contributed by atoms with E-state index in [-0.39, 0.29) is 5.97 Å². The van der Waals surface area contributed by atoms with Crippen molar-refractivity contribution in [2.24, 2.45) is 0 Å². The number of carbonyl (C=O) groups excluding carboxylic acids is 1. The summed E-state index contributed by atoms with van der Waals surface area (Å²) < 4.78 is 10.2. The van der Waals surface area contributed by atoms with Crippen molar-refractivity contribution in [2.45, 2.75) is 36.0 Å². The first-order valence-corrected chi connectivity index (χ1v) is 7.00. The van der Waals surface area contributed by atoms with E-state index in [4.69, 9.17) is 9.47 Å². The van der Waals surface area contributed by atoms with Gasteiger partial charge in [-0.05, 0) is 31.9 Å². The minimum atomic E-state index is -0.397. The quantitative estimate of drug-likeness (QED) is 0.788. The first kappa shape index (κ1) is 13.4. The lowest BCUT2D eigenvalue weighted by molar-refractivity contribution is -0.156. The van der Waals surface area contributed by atoms with Crippen molar-refractivity contribution in [3.63, 3.8) is 0 Å². The SMILES string of the molecule is COC(=O)C1CC(Sc2cccc(C)c2)CCO1. The maximum absolute atomic E-state index is 11.5. The van der Waals surface area contributed by atoms with Crippen molar-refractivity contribution in [3.05, 3.63) is 29.8 Å². The van der Waals surface area contributed by atoms with Crippen LogP contribution >= 0.6 is 11.8 Å². The summed E-state index contributed by atoms with van der Waals surface area (Å²) in [5, 5.41) is 0.421. The van der Waals surface area contributed by atoms with Gasteiger partial charge in [-0.15, -0.1) is 11.8 Å². The standard InChI is InChI=1S/C14H18O3S/c1-10-4-3-5-11(8-10)18-12-6-7-17-13(9-12)14(15)16-2/h3-5,8,12-13H,6-7,9H2,1-2H3. The molecule has 0 spiro atoms. The van der Waals surface area contributed by atoms with Gasteiger partial charge in [0.2, 0.25) is 0 Å². The molecule has 0 N–H and O–H groups in total. The van der Waals surface area contributed by atoms with Crippen molar-refractivity contribution < 1.29 is 14.3 Å². The summed E-state index contributed by atoms with van der Waals surface area (Å²) in [6.07, 6.45) is 1.31. The third kappa shape index (κ3) is 3.50. The molecule has 2 rings (SSSR count). The number of rotatable bonds is 3. The Hall–Kier alpha value is -1.00. The van der Waals surface area contributed by atoms with Gasteiger partial charge < -0.3 is 9.47 Å². The van der Waals surface area contributed by atoms with E-state index in [0.717, 1.165) is 12.8 Å². The summed E-state index contributed by atoms with van der Waals surface area (Å²) in [6.45, 7) is 2.72. The fourth-order valence-corrected chi connectivity index (χ4v) is 3.33. The number of ether oxygens (including phenoxy) is 2. The second kappa shape index (κ2) is 6.25. The number of esters is 1. The molecule has 2 atom stereocenters. The lowest BCUT2D eigenvalue weighted by atomic mass is 10.1. The highest BCUT2D eigenvalue weighted by atomic mass is 32.2. The van der Waals surface area contributed by atoms with Crippen LogP contribution in [0.25, 0.3) is 0 Å². The van der Waals surface area contributed by atoms with Crippen LogP contribution in [0.15, 0.2) is 29.2 Å². The molecule has 1 aromatic carbocycles. The number of methoxy groups -OCH3 is 1. The van der Waals surface area contributed by atoms with Gasteiger partial charge in [0.25, 0.3) is 0 Å². The van der Waals surface area contributed by atoms with Crippen LogP contribution in [0.5, 0.6) is 0 Å². The fourth-order valence-electron chi connectivity index (χ4n) is 2.05. The van der Waals surface area contributed by atoms with E-state index in [1.807, 2.05) is 11.8 Å². The molecule has 1 heterocycles. The Labute approximate surface area is 112 Å². The molecule has 18 heavy (non-hydrogen) atoms. The molecule has 0 radical (unpaired) electrons. The minimum absolute atomic E-state index is 0.260. The Morgan fingerprint density at radius 2 is 2.33 bits per heavy atom. The lowest BCUT2D eigenvalue weighted by Crippen LogP contribution is -2.34. The normalized spacial score (nSPS) is 23.7. The summed E-state index contributed by atoms with van der Waals surface area (Å²) in [7, 11) is 1.41. The lowest BCUT2D eigenvalue weighted by Gasteiger charge is -2.27. The van der Waals surface area contributed by atoms with Gasteiger partial charge in [-0.25, -0.2) is 4.79 Å². The summed E-state index contributed by atoms with van der Waals surface area (Å²) >= 11 is 1.82. The molecule has 1 aliphatic heterocycles. The zero-order valence-corrected chi connectivity index (χ0v) is 11.5. The average molecular weight is 266 g/mol. The highest BCUT2D eigenvalue weighted by molar-refractivity contribution is 8.00. The van der Waals surface area contributed by atoms with Gasteiger partial charge in [-0.3, -0.25) is 0 Å². The number of aryl methyl sites for hydroxylation is 1. The van der Waals surface area contributed by atoms with Gasteiger partial charge >= 0.3 is 5.97 Å². The molecule has 0 aliphatic carbocycles. The Morgan fingerprint density at radius 3 is 3.06 bits per heavy atom. The molecule has 1 fully saturated rings. The van der Waals surface area contributed by atoms with Crippen LogP contribution in [0.2, 0.25) is 0 Å². The largest absolute Gasteiger partial charge is 0.467 e. The van der Waals surface area contributed by atoms with Crippen molar-refractivity contribution in [1.82, 2.24) is 0 Å². The molecule has 1 aromatic rings. The van der Waals surface area contributed by atoms with E-state index in [2.05, 4.69) is 31.2 Å². The van der Waals surface area contributed by atoms with Crippen molar-refractivity contribution in [1.29, 1.82) is 0 Å². The van der Waals surface area contributed by atoms with Gasteiger partial charge in [0, 0.05) is 16.8 Å². The van der Waals surface area contributed by atoms with Crippen LogP contribution in [-0.2, 0) is 14.3 Å². The third-order valence-corrected chi connectivity index (χ3v) is 4.28. The second-order valence-electron chi connectivity index (χ2n) is 4.46. The molecular formula is C14H18O3S. The molecule has 1 saturated heterocycles. The van der Waals surface area contributed by atoms with Gasteiger partial charge in [0.05, 0.1) is 7.11 Å². The van der Waals surface area contributed by atoms with Crippen LogP contribution in [0, 0.1) is 6.92 Å².